The molecule has 30 heavy (non-hydrogen) atoms. The van der Waals surface area contributed by atoms with Crippen molar-refractivity contribution in [1.29, 1.82) is 0 Å². The third-order valence-corrected chi connectivity index (χ3v) is 4.42. The molecule has 0 saturated heterocycles. The summed E-state index contributed by atoms with van der Waals surface area (Å²) in [6.07, 6.45) is 0. The minimum Gasteiger partial charge on any atom is -0.494 e. The van der Waals surface area contributed by atoms with E-state index in [9.17, 15) is 0 Å². The third kappa shape index (κ3) is 3.58. The van der Waals surface area contributed by atoms with Crippen molar-refractivity contribution in [1.82, 2.24) is 25.1 Å². The standard InChI is InChI=1S/C20H19N7O3/c1-3-29-16-9-7-13(8-10-16)19-22-20(30-25-19)17-18(21)27(26-23-17)15-6-4-5-14(11-15)12(2)24-28/h4-11,28H,3,21H2,1-2H3/b24-12+. The van der Waals surface area contributed by atoms with Crippen LogP contribution in [0.15, 0.2) is 58.2 Å². The molecule has 0 radical (unpaired) electrons. The highest BCUT2D eigenvalue weighted by molar-refractivity contribution is 5.98. The second kappa shape index (κ2) is 8.03. The molecule has 2 heterocycles. The Morgan fingerprint density at radius 1 is 1.23 bits per heavy atom. The monoisotopic (exact) mass is 405 g/mol. The lowest BCUT2D eigenvalue weighted by Crippen LogP contribution is -2.04. The molecule has 0 saturated carbocycles. The molecule has 3 N–H and O–H groups in total. The van der Waals surface area contributed by atoms with E-state index in [1.165, 1.54) is 4.68 Å². The maximum atomic E-state index is 8.99. The minimum absolute atomic E-state index is 0.159. The van der Waals surface area contributed by atoms with E-state index in [4.69, 9.17) is 20.2 Å². The first-order valence-electron chi connectivity index (χ1n) is 9.18. The zero-order valence-electron chi connectivity index (χ0n) is 16.4. The molecule has 4 aromatic rings. The SMILES string of the molecule is CCOc1ccc(-c2noc(-c3nnn(-c4cccc(/C(C)=N/O)c4)c3N)n2)cc1. The molecule has 0 aliphatic carbocycles. The fourth-order valence-corrected chi connectivity index (χ4v) is 2.86. The van der Waals surface area contributed by atoms with E-state index in [1.54, 1.807) is 19.1 Å². The zero-order valence-corrected chi connectivity index (χ0v) is 16.4. The van der Waals surface area contributed by atoms with Gasteiger partial charge in [0, 0.05) is 11.1 Å². The number of rotatable bonds is 6. The van der Waals surface area contributed by atoms with Crippen LogP contribution in [0.2, 0.25) is 0 Å². The number of hydrogen-bond donors (Lipinski definition) is 2. The number of oxime groups is 1. The van der Waals surface area contributed by atoms with Crippen LogP contribution >= 0.6 is 0 Å². The number of anilines is 1. The van der Waals surface area contributed by atoms with E-state index in [2.05, 4.69) is 25.6 Å². The molecule has 0 fully saturated rings. The van der Waals surface area contributed by atoms with Crippen LogP contribution < -0.4 is 10.5 Å². The molecule has 4 rings (SSSR count). The molecule has 10 heteroatoms. The molecule has 0 aliphatic rings. The zero-order chi connectivity index (χ0) is 21.1. The summed E-state index contributed by atoms with van der Waals surface area (Å²) >= 11 is 0. The van der Waals surface area contributed by atoms with E-state index < -0.39 is 0 Å². The fourth-order valence-electron chi connectivity index (χ4n) is 2.86. The molecule has 2 aromatic heterocycles. The highest BCUT2D eigenvalue weighted by atomic mass is 16.5. The van der Waals surface area contributed by atoms with Gasteiger partial charge in [-0.05, 0) is 50.2 Å². The lowest BCUT2D eigenvalue weighted by Gasteiger charge is -2.05. The first kappa shape index (κ1) is 19.1. The second-order valence-electron chi connectivity index (χ2n) is 6.35. The molecule has 2 aromatic carbocycles. The van der Waals surface area contributed by atoms with Crippen molar-refractivity contribution < 1.29 is 14.5 Å². The predicted molar refractivity (Wildman–Crippen MR) is 110 cm³/mol. The van der Waals surface area contributed by atoms with Crippen molar-refractivity contribution in [3.8, 4) is 34.4 Å². The van der Waals surface area contributed by atoms with Crippen LogP contribution in [-0.2, 0) is 0 Å². The molecule has 0 atom stereocenters. The fraction of sp³-hybridized carbons (Fsp3) is 0.150. The van der Waals surface area contributed by atoms with E-state index in [1.807, 2.05) is 43.3 Å². The number of hydrogen-bond acceptors (Lipinski definition) is 9. The van der Waals surface area contributed by atoms with E-state index in [0.717, 1.165) is 16.9 Å². The van der Waals surface area contributed by atoms with Gasteiger partial charge in [-0.3, -0.25) is 0 Å². The molecule has 0 amide bonds. The van der Waals surface area contributed by atoms with Gasteiger partial charge in [-0.1, -0.05) is 27.7 Å². The van der Waals surface area contributed by atoms with Crippen LogP contribution in [0.25, 0.3) is 28.7 Å². The number of ether oxygens (including phenoxy) is 1. The van der Waals surface area contributed by atoms with Gasteiger partial charge in [0.1, 0.15) is 5.75 Å². The average molecular weight is 405 g/mol. The van der Waals surface area contributed by atoms with Crippen molar-refractivity contribution in [2.75, 3.05) is 12.3 Å². The summed E-state index contributed by atoms with van der Waals surface area (Å²) in [6, 6.07) is 14.6. The van der Waals surface area contributed by atoms with Gasteiger partial charge >= 0.3 is 0 Å². The Kier molecular flexibility index (Phi) is 5.12. The summed E-state index contributed by atoms with van der Waals surface area (Å²) < 4.78 is 12.2. The second-order valence-corrected chi connectivity index (χ2v) is 6.35. The summed E-state index contributed by atoms with van der Waals surface area (Å²) in [6.45, 7) is 4.21. The van der Waals surface area contributed by atoms with Crippen molar-refractivity contribution in [3.63, 3.8) is 0 Å². The first-order valence-corrected chi connectivity index (χ1v) is 9.18. The molecular formula is C20H19N7O3. The molecule has 0 unspecified atom stereocenters. The van der Waals surface area contributed by atoms with E-state index >= 15 is 0 Å². The molecule has 0 bridgehead atoms. The molecule has 10 nitrogen and oxygen atoms in total. The van der Waals surface area contributed by atoms with Gasteiger partial charge in [0.2, 0.25) is 5.82 Å². The highest BCUT2D eigenvalue weighted by Crippen LogP contribution is 2.27. The number of nitrogens with zero attached hydrogens (tertiary/aromatic N) is 6. The van der Waals surface area contributed by atoms with Gasteiger partial charge in [0.15, 0.2) is 11.5 Å². The number of aromatic nitrogens is 5. The first-order chi connectivity index (χ1) is 14.6. The van der Waals surface area contributed by atoms with Crippen molar-refractivity contribution in [2.24, 2.45) is 5.16 Å². The topological polar surface area (TPSA) is 137 Å². The summed E-state index contributed by atoms with van der Waals surface area (Å²) in [5, 5.41) is 24.4. The Morgan fingerprint density at radius 2 is 2.03 bits per heavy atom. The molecule has 152 valence electrons. The van der Waals surface area contributed by atoms with E-state index in [0.29, 0.717) is 23.8 Å². The van der Waals surface area contributed by atoms with Gasteiger partial charge < -0.3 is 20.2 Å². The average Bonchev–Trinajstić information content (AvgIpc) is 3.41. The summed E-state index contributed by atoms with van der Waals surface area (Å²) in [7, 11) is 0. The van der Waals surface area contributed by atoms with Gasteiger partial charge in [0.25, 0.3) is 5.89 Å². The Labute approximate surface area is 171 Å². The predicted octanol–water partition coefficient (Wildman–Crippen LogP) is 3.16. The smallest absolute Gasteiger partial charge is 0.282 e. The Morgan fingerprint density at radius 3 is 2.77 bits per heavy atom. The van der Waals surface area contributed by atoms with Gasteiger partial charge in [0.05, 0.1) is 18.0 Å². The molecular weight excluding hydrogens is 386 g/mol. The van der Waals surface area contributed by atoms with Crippen molar-refractivity contribution in [2.45, 2.75) is 13.8 Å². The summed E-state index contributed by atoms with van der Waals surface area (Å²) in [5.74, 6) is 1.57. The Hall–Kier alpha value is -4.21. The van der Waals surface area contributed by atoms with Gasteiger partial charge in [-0.15, -0.1) is 5.10 Å². The van der Waals surface area contributed by atoms with Crippen LogP contribution in [0.4, 0.5) is 5.82 Å². The Bertz CT molecular complexity index is 1200. The van der Waals surface area contributed by atoms with Gasteiger partial charge in [-0.2, -0.15) is 9.67 Å². The van der Waals surface area contributed by atoms with Crippen LogP contribution in [0, 0.1) is 0 Å². The molecule has 0 aliphatic heterocycles. The lowest BCUT2D eigenvalue weighted by molar-refractivity contribution is 0.319. The lowest BCUT2D eigenvalue weighted by atomic mass is 10.1. The number of benzene rings is 2. The largest absolute Gasteiger partial charge is 0.494 e. The van der Waals surface area contributed by atoms with Crippen LogP contribution in [0.5, 0.6) is 5.75 Å². The van der Waals surface area contributed by atoms with Crippen LogP contribution in [0.1, 0.15) is 19.4 Å². The van der Waals surface area contributed by atoms with Crippen molar-refractivity contribution >= 4 is 11.5 Å². The summed E-state index contributed by atoms with van der Waals surface area (Å²) in [5.41, 5.74) is 9.13. The van der Waals surface area contributed by atoms with Crippen molar-refractivity contribution in [3.05, 3.63) is 54.1 Å². The third-order valence-electron chi connectivity index (χ3n) is 4.42. The quantitative estimate of drug-likeness (QED) is 0.283. The number of nitrogens with two attached hydrogens (primary N) is 1. The van der Waals surface area contributed by atoms with Crippen LogP contribution in [0.3, 0.4) is 0 Å². The normalized spacial score (nSPS) is 11.6. The maximum absolute atomic E-state index is 8.99. The van der Waals surface area contributed by atoms with Crippen LogP contribution in [-0.4, -0.2) is 42.7 Å². The maximum Gasteiger partial charge on any atom is 0.282 e. The molecule has 0 spiro atoms. The Balaban J connectivity index is 1.63. The highest BCUT2D eigenvalue weighted by Gasteiger charge is 2.20. The van der Waals surface area contributed by atoms with E-state index in [-0.39, 0.29) is 17.4 Å². The minimum atomic E-state index is 0.159. The number of nitrogen functional groups attached to an aromatic ring is 1. The summed E-state index contributed by atoms with van der Waals surface area (Å²) in [4.78, 5) is 4.39. The van der Waals surface area contributed by atoms with Gasteiger partial charge in [-0.25, -0.2) is 0 Å².